The number of amides is 1. The number of likely N-dealkylation sites (tertiary alicyclic amines) is 1. The first-order valence-corrected chi connectivity index (χ1v) is 11.5. The van der Waals surface area contributed by atoms with Crippen LogP contribution in [0.4, 0.5) is 0 Å². The minimum Gasteiger partial charge on any atom is -0.495 e. The molecule has 1 unspecified atom stereocenters. The van der Waals surface area contributed by atoms with E-state index in [-0.39, 0.29) is 22.6 Å². The zero-order valence-electron chi connectivity index (χ0n) is 16.6. The van der Waals surface area contributed by atoms with Gasteiger partial charge in [0, 0.05) is 22.5 Å². The number of rotatable bonds is 5. The molecule has 0 radical (unpaired) electrons. The highest BCUT2D eigenvalue weighted by atomic mass is 32.2. The second kappa shape index (κ2) is 7.85. The Labute approximate surface area is 170 Å². The van der Waals surface area contributed by atoms with Crippen molar-refractivity contribution in [3.05, 3.63) is 46.2 Å². The molecule has 0 spiro atoms. The van der Waals surface area contributed by atoms with Crippen molar-refractivity contribution in [3.63, 3.8) is 0 Å². The van der Waals surface area contributed by atoms with Crippen LogP contribution in [0.5, 0.6) is 5.75 Å². The molecule has 0 bridgehead atoms. The Kier molecular flexibility index (Phi) is 5.84. The first kappa shape index (κ1) is 20.8. The second-order valence-corrected chi connectivity index (χ2v) is 10.5. The molecule has 6 nitrogen and oxygen atoms in total. The molecule has 0 saturated carbocycles. The van der Waals surface area contributed by atoms with E-state index in [1.165, 1.54) is 13.2 Å². The Balaban J connectivity index is 1.96. The third-order valence-corrected chi connectivity index (χ3v) is 7.28. The first-order chi connectivity index (χ1) is 13.1. The van der Waals surface area contributed by atoms with Gasteiger partial charge in [0.15, 0.2) is 0 Å². The summed E-state index contributed by atoms with van der Waals surface area (Å²) < 4.78 is 33.6. The highest BCUT2D eigenvalue weighted by Crippen LogP contribution is 2.36. The lowest BCUT2D eigenvalue weighted by Gasteiger charge is -2.25. The maximum atomic E-state index is 13.2. The van der Waals surface area contributed by atoms with Gasteiger partial charge in [0.1, 0.15) is 10.6 Å². The summed E-state index contributed by atoms with van der Waals surface area (Å²) >= 11 is 1.64. The molecule has 2 heterocycles. The predicted molar refractivity (Wildman–Crippen MR) is 110 cm³/mol. The quantitative estimate of drug-likeness (QED) is 0.795. The summed E-state index contributed by atoms with van der Waals surface area (Å²) in [7, 11) is -2.42. The molecule has 2 aromatic rings. The molecule has 1 aromatic heterocycles. The lowest BCUT2D eigenvalue weighted by atomic mass is 10.1. The average Bonchev–Trinajstić information content (AvgIpc) is 3.29. The number of benzene rings is 1. The van der Waals surface area contributed by atoms with Crippen LogP contribution in [0.1, 0.15) is 54.9 Å². The summed E-state index contributed by atoms with van der Waals surface area (Å²) in [6, 6.07) is 8.65. The van der Waals surface area contributed by atoms with E-state index < -0.39 is 15.6 Å². The fraction of sp³-hybridized carbons (Fsp3) is 0.450. The van der Waals surface area contributed by atoms with E-state index in [0.717, 1.165) is 17.7 Å². The van der Waals surface area contributed by atoms with Crippen molar-refractivity contribution in [1.82, 2.24) is 9.62 Å². The van der Waals surface area contributed by atoms with Crippen LogP contribution < -0.4 is 9.46 Å². The lowest BCUT2D eigenvalue weighted by Crippen LogP contribution is -2.40. The molecule has 28 heavy (non-hydrogen) atoms. The maximum Gasteiger partial charge on any atom is 0.254 e. The van der Waals surface area contributed by atoms with Crippen LogP contribution in [0.2, 0.25) is 0 Å². The van der Waals surface area contributed by atoms with Crippen molar-refractivity contribution in [3.8, 4) is 5.75 Å². The third-order valence-electron chi connectivity index (χ3n) is 4.53. The fourth-order valence-corrected chi connectivity index (χ4v) is 5.92. The normalized spacial score (nSPS) is 17.7. The van der Waals surface area contributed by atoms with Crippen LogP contribution in [0.15, 0.2) is 40.6 Å². The summed E-state index contributed by atoms with van der Waals surface area (Å²) in [5, 5.41) is 2.01. The van der Waals surface area contributed by atoms with Crippen molar-refractivity contribution in [2.45, 2.75) is 50.1 Å². The van der Waals surface area contributed by atoms with E-state index in [4.69, 9.17) is 4.74 Å². The molecule has 152 valence electrons. The van der Waals surface area contributed by atoms with Crippen molar-refractivity contribution in [2.75, 3.05) is 13.7 Å². The number of ether oxygens (including phenoxy) is 1. The molecule has 1 amide bonds. The summed E-state index contributed by atoms with van der Waals surface area (Å²) in [5.74, 6) is 0.0512. The van der Waals surface area contributed by atoms with E-state index in [0.29, 0.717) is 12.1 Å². The van der Waals surface area contributed by atoms with Gasteiger partial charge in [-0.1, -0.05) is 6.07 Å². The number of thiophene rings is 1. The molecule has 1 fully saturated rings. The van der Waals surface area contributed by atoms with Crippen LogP contribution in [0, 0.1) is 0 Å². The Hall–Kier alpha value is -1.90. The fourth-order valence-electron chi connectivity index (χ4n) is 3.43. The number of hydrogen-bond acceptors (Lipinski definition) is 5. The third kappa shape index (κ3) is 4.39. The SMILES string of the molecule is COc1ccc(C(=O)N2CCCC2c2cccs2)cc1S(=O)(=O)NC(C)(C)C. The molecule has 1 aliphatic heterocycles. The van der Waals surface area contributed by atoms with Crippen molar-refractivity contribution in [2.24, 2.45) is 0 Å². The van der Waals surface area contributed by atoms with Crippen molar-refractivity contribution in [1.29, 1.82) is 0 Å². The zero-order chi connectivity index (χ0) is 20.5. The monoisotopic (exact) mass is 422 g/mol. The zero-order valence-corrected chi connectivity index (χ0v) is 18.2. The summed E-state index contributed by atoms with van der Waals surface area (Å²) in [4.78, 5) is 16.2. The highest BCUT2D eigenvalue weighted by Gasteiger charge is 2.33. The number of nitrogens with one attached hydrogen (secondary N) is 1. The summed E-state index contributed by atoms with van der Waals surface area (Å²) in [6.45, 7) is 5.96. The van der Waals surface area contributed by atoms with E-state index >= 15 is 0 Å². The van der Waals surface area contributed by atoms with Gasteiger partial charge >= 0.3 is 0 Å². The Morgan fingerprint density at radius 2 is 2.04 bits per heavy atom. The molecule has 8 heteroatoms. The minimum atomic E-state index is -3.84. The number of carbonyl (C=O) groups is 1. The summed E-state index contributed by atoms with van der Waals surface area (Å²) in [5.41, 5.74) is -0.304. The van der Waals surface area contributed by atoms with Crippen LogP contribution >= 0.6 is 11.3 Å². The van der Waals surface area contributed by atoms with Gasteiger partial charge in [-0.05, 0) is 63.3 Å². The Morgan fingerprint density at radius 3 is 2.64 bits per heavy atom. The number of methoxy groups -OCH3 is 1. The molecule has 1 atom stereocenters. The van der Waals surface area contributed by atoms with Gasteiger partial charge < -0.3 is 9.64 Å². The number of sulfonamides is 1. The topological polar surface area (TPSA) is 75.7 Å². The van der Waals surface area contributed by atoms with Gasteiger partial charge in [-0.25, -0.2) is 13.1 Å². The largest absolute Gasteiger partial charge is 0.495 e. The van der Waals surface area contributed by atoms with Crippen molar-refractivity contribution < 1.29 is 17.9 Å². The maximum absolute atomic E-state index is 13.2. The predicted octanol–water partition coefficient (Wildman–Crippen LogP) is 3.81. The number of nitrogens with zero attached hydrogens (tertiary/aromatic N) is 1. The van der Waals surface area contributed by atoms with Gasteiger partial charge in [-0.2, -0.15) is 0 Å². The molecule has 3 rings (SSSR count). The van der Waals surface area contributed by atoms with Gasteiger partial charge in [0.25, 0.3) is 5.91 Å². The van der Waals surface area contributed by atoms with Gasteiger partial charge in [0.2, 0.25) is 10.0 Å². The standard InChI is InChI=1S/C20H26N2O4S2/c1-20(2,3)21-28(24,25)18-13-14(9-10-16(18)26-4)19(23)22-11-5-7-15(22)17-8-6-12-27-17/h6,8-10,12-13,15,21H,5,7,11H2,1-4H3. The van der Waals surface area contributed by atoms with Crippen LogP contribution in [-0.4, -0.2) is 38.4 Å². The van der Waals surface area contributed by atoms with Gasteiger partial charge in [0.05, 0.1) is 13.2 Å². The smallest absolute Gasteiger partial charge is 0.254 e. The van der Waals surface area contributed by atoms with Crippen LogP contribution in [0.3, 0.4) is 0 Å². The first-order valence-electron chi connectivity index (χ1n) is 9.19. The van der Waals surface area contributed by atoms with E-state index in [9.17, 15) is 13.2 Å². The number of hydrogen-bond donors (Lipinski definition) is 1. The molecule has 1 saturated heterocycles. The molecular formula is C20H26N2O4S2. The molecule has 0 aliphatic carbocycles. The lowest BCUT2D eigenvalue weighted by molar-refractivity contribution is 0.0737. The summed E-state index contributed by atoms with van der Waals surface area (Å²) in [6.07, 6.45) is 1.85. The van der Waals surface area contributed by atoms with Crippen molar-refractivity contribution >= 4 is 27.3 Å². The highest BCUT2D eigenvalue weighted by molar-refractivity contribution is 7.89. The molecular weight excluding hydrogens is 396 g/mol. The molecule has 1 N–H and O–H groups in total. The van der Waals surface area contributed by atoms with Crippen LogP contribution in [0.25, 0.3) is 0 Å². The van der Waals surface area contributed by atoms with E-state index in [1.54, 1.807) is 44.2 Å². The Bertz CT molecular complexity index is 947. The van der Waals surface area contributed by atoms with Crippen LogP contribution in [-0.2, 0) is 10.0 Å². The second-order valence-electron chi connectivity index (χ2n) is 7.89. The number of carbonyl (C=O) groups excluding carboxylic acids is 1. The van der Waals surface area contributed by atoms with Gasteiger partial charge in [-0.15, -0.1) is 11.3 Å². The van der Waals surface area contributed by atoms with E-state index in [1.807, 2.05) is 22.4 Å². The van der Waals surface area contributed by atoms with E-state index in [2.05, 4.69) is 4.72 Å². The average molecular weight is 423 g/mol. The Morgan fingerprint density at radius 1 is 1.29 bits per heavy atom. The van der Waals surface area contributed by atoms with Gasteiger partial charge in [-0.3, -0.25) is 4.79 Å². The molecule has 1 aliphatic rings. The molecule has 1 aromatic carbocycles. The minimum absolute atomic E-state index is 0.0253.